The van der Waals surface area contributed by atoms with Gasteiger partial charge < -0.3 is 19.4 Å². The molecule has 0 saturated heterocycles. The van der Waals surface area contributed by atoms with Crippen LogP contribution in [-0.2, 0) is 15.1 Å². The number of rotatable bonds is 4. The quantitative estimate of drug-likeness (QED) is 0.498. The van der Waals surface area contributed by atoms with Crippen LogP contribution in [0.2, 0.25) is 19.6 Å². The number of hydrogen-bond donors (Lipinski definition) is 2. The average molecular weight is 338 g/mol. The van der Waals surface area contributed by atoms with Gasteiger partial charge in [0, 0.05) is 12.0 Å². The van der Waals surface area contributed by atoms with Gasteiger partial charge in [-0.15, -0.1) is 0 Å². The Labute approximate surface area is 138 Å². The molecule has 0 fully saturated rings. The summed E-state index contributed by atoms with van der Waals surface area (Å²) in [6.45, 7) is 10.1. The molecule has 1 aromatic rings. The smallest absolute Gasteiger partial charge is 0.316 e. The fraction of sp³-hybridized carbons (Fsp3) is 0.588. The molecule has 0 amide bonds. The summed E-state index contributed by atoms with van der Waals surface area (Å²) in [5.41, 5.74) is -0.253. The second-order valence-corrected chi connectivity index (χ2v) is 12.2. The van der Waals surface area contributed by atoms with E-state index in [-0.39, 0.29) is 13.0 Å². The highest BCUT2D eigenvalue weighted by atomic mass is 28.3. The molecule has 3 atom stereocenters. The molecule has 2 rings (SSSR count). The van der Waals surface area contributed by atoms with E-state index in [2.05, 4.69) is 19.6 Å². The van der Waals surface area contributed by atoms with Crippen molar-refractivity contribution in [2.24, 2.45) is 5.92 Å². The van der Waals surface area contributed by atoms with Crippen LogP contribution in [0.1, 0.15) is 25.8 Å². The maximum atomic E-state index is 12.4. The van der Waals surface area contributed by atoms with Crippen molar-refractivity contribution in [2.75, 3.05) is 6.61 Å². The van der Waals surface area contributed by atoms with Gasteiger partial charge in [0.15, 0.2) is 0 Å². The van der Waals surface area contributed by atoms with E-state index < -0.39 is 31.7 Å². The van der Waals surface area contributed by atoms with Crippen molar-refractivity contribution in [1.82, 2.24) is 0 Å². The summed E-state index contributed by atoms with van der Waals surface area (Å²) in [7, 11) is -1.86. The molecular weight excluding hydrogens is 312 g/mol. The fourth-order valence-electron chi connectivity index (χ4n) is 3.10. The summed E-state index contributed by atoms with van der Waals surface area (Å²) < 4.78 is 10.8. The summed E-state index contributed by atoms with van der Waals surface area (Å²) in [6.07, 6.45) is 2.42. The first-order valence-electron chi connectivity index (χ1n) is 7.95. The van der Waals surface area contributed by atoms with Gasteiger partial charge in [0.05, 0.1) is 24.4 Å². The molecule has 5 nitrogen and oxygen atoms in total. The van der Waals surface area contributed by atoms with Crippen LogP contribution in [0.5, 0.6) is 0 Å². The molecule has 0 bridgehead atoms. The van der Waals surface area contributed by atoms with Crippen LogP contribution in [0.15, 0.2) is 28.4 Å². The van der Waals surface area contributed by atoms with Crippen molar-refractivity contribution in [3.63, 3.8) is 0 Å². The Morgan fingerprint density at radius 1 is 1.48 bits per heavy atom. The van der Waals surface area contributed by atoms with Crippen LogP contribution in [0.3, 0.4) is 0 Å². The van der Waals surface area contributed by atoms with Crippen molar-refractivity contribution in [2.45, 2.75) is 51.6 Å². The minimum Gasteiger partial charge on any atom is -0.474 e. The lowest BCUT2D eigenvalue weighted by molar-refractivity contribution is -0.158. The van der Waals surface area contributed by atoms with Crippen molar-refractivity contribution < 1.29 is 24.2 Å². The van der Waals surface area contributed by atoms with E-state index in [0.29, 0.717) is 11.1 Å². The number of carbonyl (C=O) groups is 1. The first-order valence-corrected chi connectivity index (χ1v) is 11.4. The zero-order valence-electron chi connectivity index (χ0n) is 14.4. The molecule has 6 heteroatoms. The maximum Gasteiger partial charge on any atom is 0.316 e. The Balaban J connectivity index is 2.56. The van der Waals surface area contributed by atoms with Crippen LogP contribution >= 0.6 is 0 Å². The Morgan fingerprint density at radius 2 is 2.13 bits per heavy atom. The third-order valence-electron chi connectivity index (χ3n) is 4.33. The minimum absolute atomic E-state index is 0.0514. The summed E-state index contributed by atoms with van der Waals surface area (Å²) in [5, 5.41) is 22.4. The third kappa shape index (κ3) is 3.29. The highest BCUT2D eigenvalue weighted by molar-refractivity contribution is 6.88. The van der Waals surface area contributed by atoms with Crippen molar-refractivity contribution in [1.29, 1.82) is 0 Å². The van der Waals surface area contributed by atoms with Gasteiger partial charge in [-0.1, -0.05) is 25.7 Å². The number of aliphatic hydroxyl groups excluding tert-OH is 1. The predicted octanol–water partition coefficient (Wildman–Crippen LogP) is 1.90. The molecule has 0 saturated carbocycles. The Morgan fingerprint density at radius 3 is 2.70 bits per heavy atom. The molecule has 0 spiro atoms. The van der Waals surface area contributed by atoms with E-state index in [9.17, 15) is 15.0 Å². The number of aliphatic hydroxyl groups is 2. The topological polar surface area (TPSA) is 79.9 Å². The molecular formula is C17H26O5Si. The van der Waals surface area contributed by atoms with Crippen LogP contribution in [0.25, 0.3) is 0 Å². The number of hydrogen-bond acceptors (Lipinski definition) is 5. The van der Waals surface area contributed by atoms with Crippen LogP contribution in [0.4, 0.5) is 0 Å². The van der Waals surface area contributed by atoms with Gasteiger partial charge in [0.1, 0.15) is 19.6 Å². The first kappa shape index (κ1) is 18.0. The third-order valence-corrected chi connectivity index (χ3v) is 6.08. The Hall–Kier alpha value is -1.37. The average Bonchev–Trinajstić information content (AvgIpc) is 2.93. The van der Waals surface area contributed by atoms with Crippen molar-refractivity contribution in [3.8, 4) is 0 Å². The predicted molar refractivity (Wildman–Crippen MR) is 90.1 cm³/mol. The largest absolute Gasteiger partial charge is 0.474 e. The molecule has 23 heavy (non-hydrogen) atoms. The Kier molecular flexibility index (Phi) is 4.89. The first-order chi connectivity index (χ1) is 10.6. The molecule has 0 aromatic carbocycles. The molecule has 1 aliphatic carbocycles. The van der Waals surface area contributed by atoms with E-state index in [4.69, 9.17) is 9.15 Å². The van der Waals surface area contributed by atoms with Gasteiger partial charge in [-0.3, -0.25) is 4.79 Å². The van der Waals surface area contributed by atoms with Gasteiger partial charge >= 0.3 is 5.97 Å². The molecule has 128 valence electrons. The maximum absolute atomic E-state index is 12.4. The van der Waals surface area contributed by atoms with Gasteiger partial charge in [-0.2, -0.15) is 0 Å². The molecule has 1 heterocycles. The Bertz CT molecular complexity index is 613. The minimum atomic E-state index is -1.86. The lowest BCUT2D eigenvalue weighted by Gasteiger charge is -2.40. The SMILES string of the molecule is CCOC(=O)[C@@H]1C=C(C)[C@@H](O)C[C@@]1(O)c1ccoc1[Si](C)(C)C. The number of furan rings is 1. The molecule has 2 N–H and O–H groups in total. The highest BCUT2D eigenvalue weighted by Gasteiger charge is 2.50. The summed E-state index contributed by atoms with van der Waals surface area (Å²) in [5.74, 6) is -1.33. The monoisotopic (exact) mass is 338 g/mol. The summed E-state index contributed by atoms with van der Waals surface area (Å²) in [6, 6.07) is 1.71. The highest BCUT2D eigenvalue weighted by Crippen LogP contribution is 2.41. The normalized spacial score (nSPS) is 28.4. The lowest BCUT2D eigenvalue weighted by Crippen LogP contribution is -2.51. The molecule has 0 radical (unpaired) electrons. The van der Waals surface area contributed by atoms with Crippen molar-refractivity contribution in [3.05, 3.63) is 29.5 Å². The lowest BCUT2D eigenvalue weighted by atomic mass is 9.72. The van der Waals surface area contributed by atoms with E-state index in [1.54, 1.807) is 32.3 Å². The van der Waals surface area contributed by atoms with Gasteiger partial charge in [0.25, 0.3) is 0 Å². The van der Waals surface area contributed by atoms with E-state index in [1.807, 2.05) is 0 Å². The molecule has 0 aliphatic heterocycles. The zero-order valence-corrected chi connectivity index (χ0v) is 15.4. The van der Waals surface area contributed by atoms with E-state index >= 15 is 0 Å². The van der Waals surface area contributed by atoms with Crippen LogP contribution in [-0.4, -0.2) is 37.0 Å². The fourth-order valence-corrected chi connectivity index (χ4v) is 4.63. The van der Waals surface area contributed by atoms with Crippen molar-refractivity contribution >= 4 is 19.4 Å². The van der Waals surface area contributed by atoms with Gasteiger partial charge in [-0.05, 0) is 25.5 Å². The zero-order chi connectivity index (χ0) is 17.4. The van der Waals surface area contributed by atoms with Crippen LogP contribution in [0, 0.1) is 5.92 Å². The van der Waals surface area contributed by atoms with E-state index in [1.165, 1.54) is 0 Å². The number of esters is 1. The molecule has 1 aliphatic rings. The second kappa shape index (κ2) is 6.26. The number of carbonyl (C=O) groups excluding carboxylic acids is 1. The molecule has 0 unspecified atom stereocenters. The molecule has 1 aromatic heterocycles. The standard InChI is InChI=1S/C17H26O5Si/c1-6-21-15(19)13-9-11(2)14(18)10-17(13,20)12-7-8-22-16(12)23(3,4)5/h7-9,13-14,18,20H,6,10H2,1-5H3/t13-,14-,17+/m0/s1. The number of ether oxygens (including phenoxy) is 1. The summed E-state index contributed by atoms with van der Waals surface area (Å²) >= 11 is 0. The van der Waals surface area contributed by atoms with E-state index in [0.717, 1.165) is 5.38 Å². The van der Waals surface area contributed by atoms with Gasteiger partial charge in [-0.25, -0.2) is 0 Å². The summed E-state index contributed by atoms with van der Waals surface area (Å²) in [4.78, 5) is 12.4. The second-order valence-electron chi connectivity index (χ2n) is 7.20. The van der Waals surface area contributed by atoms with Crippen LogP contribution < -0.4 is 5.38 Å². The van der Waals surface area contributed by atoms with Gasteiger partial charge in [0.2, 0.25) is 0 Å².